The number of amides is 1. The number of carbonyl (C=O) groups excluding carboxylic acids is 1. The second-order valence-electron chi connectivity index (χ2n) is 5.40. The third-order valence-corrected chi connectivity index (χ3v) is 3.74. The first-order chi connectivity index (χ1) is 9.72. The molecular weight excluding hydrogens is 252 g/mol. The lowest BCUT2D eigenvalue weighted by molar-refractivity contribution is -0.118. The van der Waals surface area contributed by atoms with Gasteiger partial charge in [-0.3, -0.25) is 4.79 Å². The molecule has 5 heteroatoms. The van der Waals surface area contributed by atoms with E-state index >= 15 is 0 Å². The van der Waals surface area contributed by atoms with Crippen molar-refractivity contribution in [2.45, 2.75) is 38.6 Å². The molecule has 0 radical (unpaired) electrons. The number of aromatic nitrogens is 2. The molecule has 3 rings (SSSR count). The normalized spacial score (nSPS) is 19.8. The summed E-state index contributed by atoms with van der Waals surface area (Å²) < 4.78 is 0. The minimum absolute atomic E-state index is 0.0579. The highest BCUT2D eigenvalue weighted by molar-refractivity contribution is 5.96. The number of aromatic amines is 1. The van der Waals surface area contributed by atoms with E-state index in [1.807, 2.05) is 25.1 Å². The summed E-state index contributed by atoms with van der Waals surface area (Å²) in [7, 11) is 0. The first-order valence-corrected chi connectivity index (χ1v) is 7.23. The van der Waals surface area contributed by atoms with Gasteiger partial charge >= 0.3 is 0 Å². The molecule has 1 saturated heterocycles. The van der Waals surface area contributed by atoms with Crippen LogP contribution in [0.25, 0.3) is 11.0 Å². The number of hydrogen-bond acceptors (Lipinski definition) is 3. The average Bonchev–Trinajstić information content (AvgIpc) is 2.64. The smallest absolute Gasteiger partial charge is 0.241 e. The molecular formula is C15H20N4O. The summed E-state index contributed by atoms with van der Waals surface area (Å²) in [4.78, 5) is 19.8. The monoisotopic (exact) mass is 272 g/mol. The van der Waals surface area contributed by atoms with Gasteiger partial charge in [-0.1, -0.05) is 12.8 Å². The Bertz CT molecular complexity index is 611. The number of hydrogen-bond donors (Lipinski definition) is 3. The molecule has 20 heavy (non-hydrogen) atoms. The van der Waals surface area contributed by atoms with Crippen molar-refractivity contribution in [1.29, 1.82) is 0 Å². The quantitative estimate of drug-likeness (QED) is 0.786. The van der Waals surface area contributed by atoms with Crippen molar-refractivity contribution in [3.63, 3.8) is 0 Å². The highest BCUT2D eigenvalue weighted by atomic mass is 16.2. The van der Waals surface area contributed by atoms with Crippen molar-refractivity contribution in [3.05, 3.63) is 24.0 Å². The molecule has 2 aromatic rings. The van der Waals surface area contributed by atoms with Gasteiger partial charge in [0.15, 0.2) is 0 Å². The molecule has 1 aromatic carbocycles. The maximum atomic E-state index is 12.3. The molecule has 1 aliphatic rings. The Morgan fingerprint density at radius 2 is 2.25 bits per heavy atom. The Hall–Kier alpha value is -1.88. The molecule has 106 valence electrons. The Labute approximate surface area is 118 Å². The van der Waals surface area contributed by atoms with Gasteiger partial charge in [-0.05, 0) is 44.5 Å². The molecule has 1 unspecified atom stereocenters. The lowest BCUT2D eigenvalue weighted by atomic mass is 10.1. The van der Waals surface area contributed by atoms with Crippen LogP contribution in [0.15, 0.2) is 18.2 Å². The van der Waals surface area contributed by atoms with Crippen molar-refractivity contribution in [3.8, 4) is 0 Å². The molecule has 0 saturated carbocycles. The van der Waals surface area contributed by atoms with Crippen molar-refractivity contribution in [2.75, 3.05) is 11.9 Å². The number of rotatable bonds is 2. The number of H-pyrrole nitrogens is 1. The molecule has 0 spiro atoms. The van der Waals surface area contributed by atoms with Crippen LogP contribution in [0.2, 0.25) is 0 Å². The third-order valence-electron chi connectivity index (χ3n) is 3.74. The van der Waals surface area contributed by atoms with Crippen molar-refractivity contribution < 1.29 is 4.79 Å². The summed E-state index contributed by atoms with van der Waals surface area (Å²) >= 11 is 0. The van der Waals surface area contributed by atoms with Crippen LogP contribution in [0.3, 0.4) is 0 Å². The predicted octanol–water partition coefficient (Wildman–Crippen LogP) is 2.34. The zero-order valence-electron chi connectivity index (χ0n) is 11.7. The van der Waals surface area contributed by atoms with Crippen LogP contribution in [0, 0.1) is 6.92 Å². The van der Waals surface area contributed by atoms with Gasteiger partial charge < -0.3 is 15.6 Å². The van der Waals surface area contributed by atoms with Gasteiger partial charge in [0.2, 0.25) is 5.91 Å². The molecule has 2 heterocycles. The summed E-state index contributed by atoms with van der Waals surface area (Å²) in [6, 6.07) is 5.69. The van der Waals surface area contributed by atoms with Crippen LogP contribution < -0.4 is 10.6 Å². The molecule has 5 nitrogen and oxygen atoms in total. The number of aryl methyl sites for hydroxylation is 1. The second-order valence-corrected chi connectivity index (χ2v) is 5.40. The fourth-order valence-electron chi connectivity index (χ4n) is 2.70. The van der Waals surface area contributed by atoms with Gasteiger partial charge in [-0.15, -0.1) is 0 Å². The summed E-state index contributed by atoms with van der Waals surface area (Å²) in [6.07, 6.45) is 4.39. The van der Waals surface area contributed by atoms with Crippen molar-refractivity contribution >= 4 is 22.6 Å². The van der Waals surface area contributed by atoms with E-state index in [-0.39, 0.29) is 11.9 Å². The summed E-state index contributed by atoms with van der Waals surface area (Å²) in [5.74, 6) is 0.941. The number of imidazole rings is 1. The van der Waals surface area contributed by atoms with Crippen LogP contribution >= 0.6 is 0 Å². The van der Waals surface area contributed by atoms with Crippen LogP contribution in [-0.4, -0.2) is 28.5 Å². The van der Waals surface area contributed by atoms with E-state index in [2.05, 4.69) is 20.6 Å². The fraction of sp³-hybridized carbons (Fsp3) is 0.467. The van der Waals surface area contributed by atoms with Crippen LogP contribution in [-0.2, 0) is 4.79 Å². The zero-order valence-corrected chi connectivity index (χ0v) is 11.7. The van der Waals surface area contributed by atoms with Crippen molar-refractivity contribution in [1.82, 2.24) is 15.3 Å². The van der Waals surface area contributed by atoms with Gasteiger partial charge in [0, 0.05) is 5.69 Å². The number of nitrogens with zero attached hydrogens (tertiary/aromatic N) is 1. The number of nitrogens with one attached hydrogen (secondary N) is 3. The number of anilines is 1. The van der Waals surface area contributed by atoms with E-state index < -0.39 is 0 Å². The highest BCUT2D eigenvalue weighted by Gasteiger charge is 2.19. The second kappa shape index (κ2) is 5.63. The number of carbonyl (C=O) groups is 1. The maximum Gasteiger partial charge on any atom is 0.241 e. The van der Waals surface area contributed by atoms with Gasteiger partial charge in [-0.2, -0.15) is 0 Å². The largest absolute Gasteiger partial charge is 0.342 e. The number of fused-ring (bicyclic) bond motifs is 1. The molecule has 1 aliphatic heterocycles. The van der Waals surface area contributed by atoms with Crippen molar-refractivity contribution in [2.24, 2.45) is 0 Å². The summed E-state index contributed by atoms with van der Waals surface area (Å²) in [6.45, 7) is 2.85. The Balaban J connectivity index is 1.72. The van der Waals surface area contributed by atoms with Crippen LogP contribution in [0.1, 0.15) is 31.5 Å². The summed E-state index contributed by atoms with van der Waals surface area (Å²) in [5.41, 5.74) is 2.69. The van der Waals surface area contributed by atoms with E-state index in [4.69, 9.17) is 0 Å². The van der Waals surface area contributed by atoms with E-state index in [0.717, 1.165) is 48.4 Å². The fourth-order valence-corrected chi connectivity index (χ4v) is 2.70. The Kier molecular flexibility index (Phi) is 3.69. The SMILES string of the molecule is Cc1nc2ccc(NC(=O)C3CCCCCN3)cc2[nH]1. The molecule has 1 amide bonds. The lowest BCUT2D eigenvalue weighted by Crippen LogP contribution is -2.39. The minimum Gasteiger partial charge on any atom is -0.342 e. The highest BCUT2D eigenvalue weighted by Crippen LogP contribution is 2.18. The minimum atomic E-state index is -0.0725. The van der Waals surface area contributed by atoms with E-state index in [1.54, 1.807) is 0 Å². The van der Waals surface area contributed by atoms with Gasteiger partial charge in [0.1, 0.15) is 5.82 Å². The Morgan fingerprint density at radius 3 is 3.15 bits per heavy atom. The molecule has 1 fully saturated rings. The molecule has 0 aliphatic carbocycles. The van der Waals surface area contributed by atoms with Gasteiger partial charge in [0.05, 0.1) is 17.1 Å². The standard InChI is InChI=1S/C15H20N4O/c1-10-17-12-7-6-11(9-14(12)18-10)19-15(20)13-5-3-2-4-8-16-13/h6-7,9,13,16H,2-5,8H2,1H3,(H,17,18)(H,19,20). The van der Waals surface area contributed by atoms with Gasteiger partial charge in [0.25, 0.3) is 0 Å². The van der Waals surface area contributed by atoms with Crippen LogP contribution in [0.5, 0.6) is 0 Å². The first-order valence-electron chi connectivity index (χ1n) is 7.23. The summed E-state index contributed by atoms with van der Waals surface area (Å²) in [5, 5.41) is 6.30. The number of benzene rings is 1. The topological polar surface area (TPSA) is 69.8 Å². The molecule has 1 atom stereocenters. The van der Waals surface area contributed by atoms with E-state index in [9.17, 15) is 4.79 Å². The Morgan fingerprint density at radius 1 is 1.35 bits per heavy atom. The molecule has 0 bridgehead atoms. The van der Waals surface area contributed by atoms with E-state index in [1.165, 1.54) is 6.42 Å². The first kappa shape index (κ1) is 13.1. The third kappa shape index (κ3) is 2.82. The average molecular weight is 272 g/mol. The van der Waals surface area contributed by atoms with Gasteiger partial charge in [-0.25, -0.2) is 4.98 Å². The predicted molar refractivity (Wildman–Crippen MR) is 79.7 cm³/mol. The lowest BCUT2D eigenvalue weighted by Gasteiger charge is -2.15. The maximum absolute atomic E-state index is 12.3. The van der Waals surface area contributed by atoms with Crippen LogP contribution in [0.4, 0.5) is 5.69 Å². The zero-order chi connectivity index (χ0) is 13.9. The molecule has 1 aromatic heterocycles. The molecule has 3 N–H and O–H groups in total. The van der Waals surface area contributed by atoms with E-state index in [0.29, 0.717) is 0 Å².